The molecule has 6 nitrogen and oxygen atoms in total. The van der Waals surface area contributed by atoms with E-state index < -0.39 is 10.0 Å². The summed E-state index contributed by atoms with van der Waals surface area (Å²) < 4.78 is 27.5. The van der Waals surface area contributed by atoms with E-state index in [1.54, 1.807) is 29.6 Å². The molecule has 0 bridgehead atoms. The Labute approximate surface area is 180 Å². The molecule has 0 aliphatic carbocycles. The van der Waals surface area contributed by atoms with Gasteiger partial charge >= 0.3 is 0 Å². The predicted octanol–water partition coefficient (Wildman–Crippen LogP) is 4.65. The van der Waals surface area contributed by atoms with Crippen LogP contribution in [0.5, 0.6) is 0 Å². The Kier molecular flexibility index (Phi) is 5.78. The molecule has 1 saturated heterocycles. The molecule has 1 atom stereocenters. The van der Waals surface area contributed by atoms with Crippen molar-refractivity contribution in [3.8, 4) is 0 Å². The Hall–Kier alpha value is -2.84. The molecule has 0 radical (unpaired) electrons. The van der Waals surface area contributed by atoms with Crippen LogP contribution in [0.2, 0.25) is 0 Å². The van der Waals surface area contributed by atoms with Crippen molar-refractivity contribution >= 4 is 44.3 Å². The molecule has 2 aromatic carbocycles. The van der Waals surface area contributed by atoms with Crippen LogP contribution in [0.1, 0.15) is 23.7 Å². The van der Waals surface area contributed by atoms with Gasteiger partial charge in [-0.05, 0) is 66.2 Å². The van der Waals surface area contributed by atoms with E-state index in [1.807, 2.05) is 24.3 Å². The average Bonchev–Trinajstić information content (AvgIpc) is 3.41. The van der Waals surface area contributed by atoms with Crippen molar-refractivity contribution in [2.24, 2.45) is 5.92 Å². The number of carbonyl (C=O) groups excluding carboxylic acids is 1. The summed E-state index contributed by atoms with van der Waals surface area (Å²) in [7, 11) is -3.66. The Morgan fingerprint density at radius 2 is 1.87 bits per heavy atom. The number of amides is 1. The lowest BCUT2D eigenvalue weighted by atomic mass is 10.2. The second-order valence-corrected chi connectivity index (χ2v) is 10.3. The monoisotopic (exact) mass is 441 g/mol. The first-order chi connectivity index (χ1) is 14.4. The maximum absolute atomic E-state index is 12.6. The molecule has 3 aromatic rings. The number of anilines is 3. The van der Waals surface area contributed by atoms with Gasteiger partial charge in [-0.3, -0.25) is 9.52 Å². The second kappa shape index (κ2) is 8.49. The van der Waals surface area contributed by atoms with Gasteiger partial charge in [0, 0.05) is 35.7 Å². The molecule has 156 valence electrons. The Bertz CT molecular complexity index is 1130. The smallest absolute Gasteiger partial charge is 0.271 e. The zero-order valence-corrected chi connectivity index (χ0v) is 18.2. The average molecular weight is 442 g/mol. The van der Waals surface area contributed by atoms with Gasteiger partial charge in [-0.2, -0.15) is 0 Å². The number of benzene rings is 2. The minimum atomic E-state index is -3.66. The number of carbonyl (C=O) groups is 1. The van der Waals surface area contributed by atoms with Gasteiger partial charge in [-0.25, -0.2) is 8.42 Å². The molecular weight excluding hydrogens is 418 g/mol. The topological polar surface area (TPSA) is 78.5 Å². The van der Waals surface area contributed by atoms with E-state index in [-0.39, 0.29) is 10.1 Å². The third kappa shape index (κ3) is 4.66. The van der Waals surface area contributed by atoms with Crippen molar-refractivity contribution in [1.82, 2.24) is 0 Å². The quantitative estimate of drug-likeness (QED) is 0.584. The van der Waals surface area contributed by atoms with Crippen LogP contribution in [0.15, 0.2) is 70.3 Å². The molecular formula is C22H23N3O3S2. The van der Waals surface area contributed by atoms with Gasteiger partial charge in [-0.1, -0.05) is 19.1 Å². The Balaban J connectivity index is 1.43. The van der Waals surface area contributed by atoms with Crippen molar-refractivity contribution in [1.29, 1.82) is 0 Å². The van der Waals surface area contributed by atoms with Gasteiger partial charge in [0.2, 0.25) is 0 Å². The summed E-state index contributed by atoms with van der Waals surface area (Å²) in [5.41, 5.74) is 2.57. The minimum Gasteiger partial charge on any atom is -0.371 e. The molecule has 2 N–H and O–H groups in total. The third-order valence-electron chi connectivity index (χ3n) is 5.05. The highest BCUT2D eigenvalue weighted by molar-refractivity contribution is 7.94. The van der Waals surface area contributed by atoms with E-state index >= 15 is 0 Å². The predicted molar refractivity (Wildman–Crippen MR) is 122 cm³/mol. The molecule has 8 heteroatoms. The lowest BCUT2D eigenvalue weighted by Gasteiger charge is -2.18. The van der Waals surface area contributed by atoms with Gasteiger partial charge in [0.15, 0.2) is 0 Å². The van der Waals surface area contributed by atoms with Crippen LogP contribution in [0.25, 0.3) is 0 Å². The van der Waals surface area contributed by atoms with Crippen LogP contribution >= 0.6 is 11.3 Å². The van der Waals surface area contributed by atoms with Gasteiger partial charge < -0.3 is 10.2 Å². The zero-order chi connectivity index (χ0) is 21.1. The van der Waals surface area contributed by atoms with E-state index in [4.69, 9.17) is 0 Å². The molecule has 1 amide bonds. The number of hydrogen-bond donors (Lipinski definition) is 2. The van der Waals surface area contributed by atoms with Crippen molar-refractivity contribution in [2.45, 2.75) is 17.6 Å². The second-order valence-electron chi connectivity index (χ2n) is 7.46. The van der Waals surface area contributed by atoms with Gasteiger partial charge in [-0.15, -0.1) is 11.3 Å². The SMILES string of the molecule is CC1CCN(c2ccc(NC(=O)c3cccc(NS(=O)(=O)c4cccs4)c3)cc2)C1. The lowest BCUT2D eigenvalue weighted by molar-refractivity contribution is 0.102. The third-order valence-corrected chi connectivity index (χ3v) is 7.83. The Morgan fingerprint density at radius 3 is 2.53 bits per heavy atom. The van der Waals surface area contributed by atoms with Crippen LogP contribution in [0.4, 0.5) is 17.1 Å². The first kappa shape index (κ1) is 20.4. The van der Waals surface area contributed by atoms with Gasteiger partial charge in [0.25, 0.3) is 15.9 Å². The first-order valence-electron chi connectivity index (χ1n) is 9.73. The number of nitrogens with zero attached hydrogens (tertiary/aromatic N) is 1. The van der Waals surface area contributed by atoms with E-state index in [0.717, 1.165) is 30.1 Å². The van der Waals surface area contributed by atoms with Crippen molar-refractivity contribution < 1.29 is 13.2 Å². The normalized spacial score (nSPS) is 16.4. The molecule has 1 aliphatic rings. The molecule has 1 unspecified atom stereocenters. The molecule has 0 saturated carbocycles. The van der Waals surface area contributed by atoms with Crippen LogP contribution < -0.4 is 14.9 Å². The fraction of sp³-hybridized carbons (Fsp3) is 0.227. The van der Waals surface area contributed by atoms with Gasteiger partial charge in [0.1, 0.15) is 4.21 Å². The van der Waals surface area contributed by atoms with Crippen LogP contribution in [-0.4, -0.2) is 27.4 Å². The summed E-state index contributed by atoms with van der Waals surface area (Å²) in [6.07, 6.45) is 1.20. The summed E-state index contributed by atoms with van der Waals surface area (Å²) in [4.78, 5) is 15.0. The number of nitrogens with one attached hydrogen (secondary N) is 2. The minimum absolute atomic E-state index is 0.227. The molecule has 30 heavy (non-hydrogen) atoms. The first-order valence-corrected chi connectivity index (χ1v) is 12.1. The summed E-state index contributed by atoms with van der Waals surface area (Å²) >= 11 is 1.14. The van der Waals surface area contributed by atoms with Crippen LogP contribution in [0, 0.1) is 5.92 Å². The lowest BCUT2D eigenvalue weighted by Crippen LogP contribution is -2.19. The molecule has 4 rings (SSSR count). The maximum atomic E-state index is 12.6. The van der Waals surface area contributed by atoms with E-state index in [2.05, 4.69) is 21.9 Å². The number of sulfonamides is 1. The zero-order valence-electron chi connectivity index (χ0n) is 16.5. The molecule has 1 aromatic heterocycles. The standard InChI is InChI=1S/C22H23N3O3S2/c1-16-11-12-25(15-16)20-9-7-18(8-10-20)23-22(26)17-4-2-5-19(14-17)24-30(27,28)21-6-3-13-29-21/h2-10,13-14,16,24H,11-12,15H2,1H3,(H,23,26). The number of hydrogen-bond acceptors (Lipinski definition) is 5. The van der Waals surface area contributed by atoms with Crippen LogP contribution in [0.3, 0.4) is 0 Å². The summed E-state index contributed by atoms with van der Waals surface area (Å²) in [6, 6.07) is 17.5. The molecule has 1 fully saturated rings. The molecule has 1 aliphatic heterocycles. The summed E-state index contributed by atoms with van der Waals surface area (Å²) in [5, 5.41) is 4.57. The van der Waals surface area contributed by atoms with Crippen molar-refractivity contribution in [2.75, 3.05) is 28.0 Å². The highest BCUT2D eigenvalue weighted by Gasteiger charge is 2.19. The maximum Gasteiger partial charge on any atom is 0.271 e. The highest BCUT2D eigenvalue weighted by Crippen LogP contribution is 2.25. The fourth-order valence-electron chi connectivity index (χ4n) is 3.47. The van der Waals surface area contributed by atoms with E-state index in [9.17, 15) is 13.2 Å². The van der Waals surface area contributed by atoms with E-state index in [0.29, 0.717) is 22.9 Å². The summed E-state index contributed by atoms with van der Waals surface area (Å²) in [5.74, 6) is 0.406. The van der Waals surface area contributed by atoms with Gasteiger partial charge in [0.05, 0.1) is 0 Å². The Morgan fingerprint density at radius 1 is 1.07 bits per heavy atom. The molecule has 0 spiro atoms. The van der Waals surface area contributed by atoms with Crippen LogP contribution in [-0.2, 0) is 10.0 Å². The molecule has 2 heterocycles. The summed E-state index contributed by atoms with van der Waals surface area (Å²) in [6.45, 7) is 4.37. The number of thiophene rings is 1. The van der Waals surface area contributed by atoms with Crippen molar-refractivity contribution in [3.05, 3.63) is 71.6 Å². The highest BCUT2D eigenvalue weighted by atomic mass is 32.2. The fourth-order valence-corrected chi connectivity index (χ4v) is 5.52. The van der Waals surface area contributed by atoms with E-state index in [1.165, 1.54) is 18.6 Å². The van der Waals surface area contributed by atoms with Crippen molar-refractivity contribution in [3.63, 3.8) is 0 Å². The largest absolute Gasteiger partial charge is 0.371 e. The number of rotatable bonds is 6.